The van der Waals surface area contributed by atoms with Gasteiger partial charge in [-0.3, -0.25) is 4.90 Å². The highest BCUT2D eigenvalue weighted by Gasteiger charge is 2.35. The van der Waals surface area contributed by atoms with Crippen molar-refractivity contribution in [3.8, 4) is 0 Å². The summed E-state index contributed by atoms with van der Waals surface area (Å²) in [6, 6.07) is 0.382. The summed E-state index contributed by atoms with van der Waals surface area (Å²) in [5, 5.41) is 13.0. The van der Waals surface area contributed by atoms with Crippen molar-refractivity contribution in [2.24, 2.45) is 17.0 Å². The van der Waals surface area contributed by atoms with Crippen LogP contribution < -0.4 is 0 Å². The Morgan fingerprint density at radius 3 is 2.65 bits per heavy atom. The fourth-order valence-corrected chi connectivity index (χ4v) is 4.48. The Morgan fingerprint density at radius 1 is 1.00 bits per heavy atom. The van der Waals surface area contributed by atoms with E-state index in [1.54, 1.807) is 0 Å². The molecule has 0 spiro atoms. The van der Waals surface area contributed by atoms with E-state index in [2.05, 4.69) is 22.2 Å². The van der Waals surface area contributed by atoms with Crippen molar-refractivity contribution >= 4 is 5.71 Å². The van der Waals surface area contributed by atoms with Crippen LogP contribution in [0.1, 0.15) is 57.8 Å². The van der Waals surface area contributed by atoms with Crippen LogP contribution in [-0.4, -0.2) is 35.0 Å². The third kappa shape index (κ3) is 3.08. The number of nitrogens with zero attached hydrogens (tertiary/aromatic N) is 2. The summed E-state index contributed by atoms with van der Waals surface area (Å²) in [5.41, 5.74) is 1.02. The zero-order chi connectivity index (χ0) is 13.8. The predicted octanol–water partition coefficient (Wildman–Crippen LogP) is 3.83. The molecule has 0 aromatic heterocycles. The molecule has 0 radical (unpaired) electrons. The fraction of sp³-hybridized carbons (Fsp3) is 0.824. The van der Waals surface area contributed by atoms with E-state index >= 15 is 0 Å². The van der Waals surface area contributed by atoms with Crippen molar-refractivity contribution in [3.05, 3.63) is 12.2 Å². The minimum absolute atomic E-state index is 0.382. The average molecular weight is 276 g/mol. The van der Waals surface area contributed by atoms with Crippen molar-refractivity contribution in [3.63, 3.8) is 0 Å². The topological polar surface area (TPSA) is 35.8 Å². The standard InChI is InChI=1S/C17H28N2O/c20-18-16-9-3-1-2-4-10-17(16)19-12-11-14-7-5-6-8-15(14)13-19/h1-2,14-15,17,20H,3-13H2/b2-1?,18-16-/t14-,15-,17+/m1/s1. The summed E-state index contributed by atoms with van der Waals surface area (Å²) in [6.07, 6.45) is 15.8. The van der Waals surface area contributed by atoms with Crippen LogP contribution in [0.25, 0.3) is 0 Å². The lowest BCUT2D eigenvalue weighted by atomic mass is 9.74. The maximum absolute atomic E-state index is 9.38. The molecule has 0 unspecified atom stereocenters. The molecule has 2 aliphatic carbocycles. The van der Waals surface area contributed by atoms with Gasteiger partial charge in [-0.25, -0.2) is 0 Å². The molecule has 2 fully saturated rings. The summed E-state index contributed by atoms with van der Waals surface area (Å²) < 4.78 is 0. The molecule has 3 heteroatoms. The molecule has 112 valence electrons. The van der Waals surface area contributed by atoms with E-state index in [0.29, 0.717) is 6.04 Å². The van der Waals surface area contributed by atoms with Gasteiger partial charge in [0.25, 0.3) is 0 Å². The summed E-state index contributed by atoms with van der Waals surface area (Å²) in [7, 11) is 0. The van der Waals surface area contributed by atoms with Gasteiger partial charge in [-0.1, -0.05) is 36.6 Å². The minimum atomic E-state index is 0.382. The second kappa shape index (κ2) is 6.75. The first-order chi connectivity index (χ1) is 9.88. The molecule has 1 heterocycles. The Balaban J connectivity index is 1.68. The highest BCUT2D eigenvalue weighted by molar-refractivity contribution is 5.89. The first kappa shape index (κ1) is 14.1. The molecule has 3 rings (SSSR count). The SMILES string of the molecule is O/N=C1/CCC=CCC[C@@H]1N1CC[C@H]2CCCC[C@@H]2C1. The maximum atomic E-state index is 9.38. The van der Waals surface area contributed by atoms with Crippen LogP contribution in [0.3, 0.4) is 0 Å². The first-order valence-electron chi connectivity index (χ1n) is 8.48. The first-order valence-corrected chi connectivity index (χ1v) is 8.48. The van der Waals surface area contributed by atoms with E-state index in [1.807, 2.05) is 0 Å². The lowest BCUT2D eigenvalue weighted by Gasteiger charge is -2.44. The summed E-state index contributed by atoms with van der Waals surface area (Å²) in [6.45, 7) is 2.44. The van der Waals surface area contributed by atoms with Gasteiger partial charge in [-0.05, 0) is 56.9 Å². The lowest BCUT2D eigenvalue weighted by Crippen LogP contribution is -2.49. The molecular formula is C17H28N2O. The molecule has 1 saturated carbocycles. The zero-order valence-electron chi connectivity index (χ0n) is 12.5. The summed E-state index contributed by atoms with van der Waals surface area (Å²) in [5.74, 6) is 1.88. The average Bonchev–Trinajstić information content (AvgIpc) is 2.47. The van der Waals surface area contributed by atoms with Crippen LogP contribution in [0.15, 0.2) is 17.3 Å². The molecule has 20 heavy (non-hydrogen) atoms. The number of oxime groups is 1. The van der Waals surface area contributed by atoms with Gasteiger partial charge in [-0.2, -0.15) is 0 Å². The van der Waals surface area contributed by atoms with Crippen molar-refractivity contribution in [1.29, 1.82) is 0 Å². The van der Waals surface area contributed by atoms with Gasteiger partial charge in [0, 0.05) is 6.54 Å². The number of hydrogen-bond donors (Lipinski definition) is 1. The lowest BCUT2D eigenvalue weighted by molar-refractivity contribution is 0.0709. The number of likely N-dealkylation sites (tertiary alicyclic amines) is 1. The molecule has 0 aromatic rings. The second-order valence-corrected chi connectivity index (χ2v) is 6.78. The highest BCUT2D eigenvalue weighted by Crippen LogP contribution is 2.37. The van der Waals surface area contributed by atoms with Gasteiger partial charge < -0.3 is 5.21 Å². The van der Waals surface area contributed by atoms with E-state index in [-0.39, 0.29) is 0 Å². The highest BCUT2D eigenvalue weighted by atomic mass is 16.4. The Labute approximate surface area is 122 Å². The summed E-state index contributed by atoms with van der Waals surface area (Å²) in [4.78, 5) is 2.63. The van der Waals surface area contributed by atoms with Gasteiger partial charge in [0.1, 0.15) is 0 Å². The van der Waals surface area contributed by atoms with Crippen LogP contribution in [0.5, 0.6) is 0 Å². The normalized spacial score (nSPS) is 38.2. The Hall–Kier alpha value is -0.830. The maximum Gasteiger partial charge on any atom is 0.0745 e. The van der Waals surface area contributed by atoms with Crippen LogP contribution in [-0.2, 0) is 0 Å². The van der Waals surface area contributed by atoms with Gasteiger partial charge >= 0.3 is 0 Å². The molecule has 3 nitrogen and oxygen atoms in total. The number of rotatable bonds is 1. The third-order valence-electron chi connectivity index (χ3n) is 5.62. The summed E-state index contributed by atoms with van der Waals surface area (Å²) >= 11 is 0. The van der Waals surface area contributed by atoms with Gasteiger partial charge in [0.05, 0.1) is 11.8 Å². The molecule has 1 aliphatic heterocycles. The zero-order valence-corrected chi connectivity index (χ0v) is 12.5. The fourth-order valence-electron chi connectivity index (χ4n) is 4.48. The molecule has 0 bridgehead atoms. The number of hydrogen-bond acceptors (Lipinski definition) is 3. The van der Waals surface area contributed by atoms with E-state index in [4.69, 9.17) is 0 Å². The molecule has 3 atom stereocenters. The number of piperidine rings is 1. The van der Waals surface area contributed by atoms with Crippen molar-refractivity contribution < 1.29 is 5.21 Å². The molecule has 3 aliphatic rings. The van der Waals surface area contributed by atoms with E-state index in [0.717, 1.165) is 43.2 Å². The number of allylic oxidation sites excluding steroid dienone is 2. The molecule has 0 amide bonds. The number of fused-ring (bicyclic) bond motifs is 1. The van der Waals surface area contributed by atoms with Crippen molar-refractivity contribution in [2.45, 2.75) is 63.8 Å². The Bertz CT molecular complexity index is 377. The van der Waals surface area contributed by atoms with E-state index < -0.39 is 0 Å². The Kier molecular flexibility index (Phi) is 4.77. The predicted molar refractivity (Wildman–Crippen MR) is 82.3 cm³/mol. The van der Waals surface area contributed by atoms with Crippen LogP contribution in [0, 0.1) is 11.8 Å². The smallest absolute Gasteiger partial charge is 0.0745 e. The van der Waals surface area contributed by atoms with Crippen molar-refractivity contribution in [2.75, 3.05) is 13.1 Å². The Morgan fingerprint density at radius 2 is 1.80 bits per heavy atom. The van der Waals surface area contributed by atoms with Crippen LogP contribution in [0.4, 0.5) is 0 Å². The molecule has 1 saturated heterocycles. The van der Waals surface area contributed by atoms with Gasteiger partial charge in [0.2, 0.25) is 0 Å². The third-order valence-corrected chi connectivity index (χ3v) is 5.62. The van der Waals surface area contributed by atoms with Crippen LogP contribution in [0.2, 0.25) is 0 Å². The van der Waals surface area contributed by atoms with Gasteiger partial charge in [-0.15, -0.1) is 0 Å². The minimum Gasteiger partial charge on any atom is -0.411 e. The molecular weight excluding hydrogens is 248 g/mol. The molecule has 0 aromatic carbocycles. The van der Waals surface area contributed by atoms with Crippen LogP contribution >= 0.6 is 0 Å². The quantitative estimate of drug-likeness (QED) is 0.449. The van der Waals surface area contributed by atoms with E-state index in [1.165, 1.54) is 45.2 Å². The van der Waals surface area contributed by atoms with E-state index in [9.17, 15) is 5.21 Å². The monoisotopic (exact) mass is 276 g/mol. The van der Waals surface area contributed by atoms with Gasteiger partial charge in [0.15, 0.2) is 0 Å². The molecule has 1 N–H and O–H groups in total. The van der Waals surface area contributed by atoms with Crippen molar-refractivity contribution in [1.82, 2.24) is 4.90 Å². The largest absolute Gasteiger partial charge is 0.411 e. The second-order valence-electron chi connectivity index (χ2n) is 6.78.